The summed E-state index contributed by atoms with van der Waals surface area (Å²) in [5.74, 6) is 1.54. The van der Waals surface area contributed by atoms with Crippen LogP contribution in [0.15, 0.2) is 4.99 Å². The van der Waals surface area contributed by atoms with Gasteiger partial charge >= 0.3 is 0 Å². The Morgan fingerprint density at radius 3 is 2.17 bits per heavy atom. The van der Waals surface area contributed by atoms with Crippen LogP contribution in [0.3, 0.4) is 0 Å². The van der Waals surface area contributed by atoms with E-state index in [1.54, 1.807) is 0 Å². The van der Waals surface area contributed by atoms with Crippen LogP contribution in [0.1, 0.15) is 40.5 Å². The number of alkyl halides is 1. The average Bonchev–Trinajstić information content (AvgIpc) is 2.77. The molecule has 2 nitrogen and oxygen atoms in total. The van der Waals surface area contributed by atoms with E-state index in [0.717, 1.165) is 36.8 Å². The number of rotatable bonds is 7. The maximum absolute atomic E-state index is 4.72. The lowest BCUT2D eigenvalue weighted by atomic mass is 10.1. The molecule has 0 N–H and O–H groups in total. The summed E-state index contributed by atoms with van der Waals surface area (Å²) in [4.78, 5) is 7.23. The Kier molecular flexibility index (Phi) is 7.69. The van der Waals surface area contributed by atoms with Gasteiger partial charge < -0.3 is 4.90 Å². The highest BCUT2D eigenvalue weighted by Crippen LogP contribution is 2.25. The fraction of sp³-hybridized carbons (Fsp3) is 0.929. The molecule has 1 aliphatic heterocycles. The zero-order valence-electron chi connectivity index (χ0n) is 12.2. The molecule has 1 atom stereocenters. The summed E-state index contributed by atoms with van der Waals surface area (Å²) in [6.07, 6.45) is 2.52. The van der Waals surface area contributed by atoms with E-state index in [0.29, 0.717) is 5.25 Å². The topological polar surface area (TPSA) is 15.6 Å². The van der Waals surface area contributed by atoms with Crippen LogP contribution in [0.4, 0.5) is 0 Å². The van der Waals surface area contributed by atoms with Gasteiger partial charge in [0.15, 0.2) is 5.17 Å². The number of halogens is 1. The number of hydrogen-bond acceptors (Lipinski definition) is 3. The van der Waals surface area contributed by atoms with E-state index in [-0.39, 0.29) is 0 Å². The highest BCUT2D eigenvalue weighted by atomic mass is 79.9. The summed E-state index contributed by atoms with van der Waals surface area (Å²) in [7, 11) is 0. The van der Waals surface area contributed by atoms with Gasteiger partial charge in [0.1, 0.15) is 0 Å². The molecule has 1 rings (SSSR count). The monoisotopic (exact) mass is 334 g/mol. The number of aliphatic imine (C=N–C) groups is 1. The van der Waals surface area contributed by atoms with Crippen LogP contribution < -0.4 is 0 Å². The molecule has 0 amide bonds. The normalized spacial score (nSPS) is 19.7. The maximum atomic E-state index is 4.72. The Balaban J connectivity index is 2.48. The van der Waals surface area contributed by atoms with Crippen molar-refractivity contribution in [1.82, 2.24) is 4.90 Å². The summed E-state index contributed by atoms with van der Waals surface area (Å²) in [5.41, 5.74) is 0. The minimum atomic E-state index is 0.639. The molecule has 0 saturated carbocycles. The SMILES string of the molecule is CC(C)CCN(CCC(C)C)C1=NCC(CBr)S1. The first kappa shape index (κ1) is 16.4. The van der Waals surface area contributed by atoms with Crippen molar-refractivity contribution in [3.8, 4) is 0 Å². The molecule has 1 unspecified atom stereocenters. The summed E-state index contributed by atoms with van der Waals surface area (Å²) < 4.78 is 0. The molecule has 1 heterocycles. The van der Waals surface area contributed by atoms with E-state index in [2.05, 4.69) is 48.5 Å². The van der Waals surface area contributed by atoms with Gasteiger partial charge in [0.2, 0.25) is 0 Å². The molecule has 4 heteroatoms. The molecule has 0 spiro atoms. The van der Waals surface area contributed by atoms with Crippen molar-refractivity contribution in [1.29, 1.82) is 0 Å². The van der Waals surface area contributed by atoms with Gasteiger partial charge in [-0.05, 0) is 24.7 Å². The van der Waals surface area contributed by atoms with Gasteiger partial charge in [-0.25, -0.2) is 0 Å². The number of hydrogen-bond donors (Lipinski definition) is 0. The van der Waals surface area contributed by atoms with Crippen molar-refractivity contribution < 1.29 is 0 Å². The lowest BCUT2D eigenvalue weighted by Crippen LogP contribution is -2.31. The average molecular weight is 335 g/mol. The minimum absolute atomic E-state index is 0.639. The first-order valence-electron chi connectivity index (χ1n) is 7.05. The first-order valence-corrected chi connectivity index (χ1v) is 9.05. The molecular weight excluding hydrogens is 308 g/mol. The van der Waals surface area contributed by atoms with Crippen LogP contribution in [0, 0.1) is 11.8 Å². The fourth-order valence-corrected chi connectivity index (χ4v) is 3.38. The van der Waals surface area contributed by atoms with Crippen molar-refractivity contribution in [2.24, 2.45) is 16.8 Å². The van der Waals surface area contributed by atoms with Gasteiger partial charge in [-0.15, -0.1) is 0 Å². The van der Waals surface area contributed by atoms with Gasteiger partial charge in [0.05, 0.1) is 6.54 Å². The van der Waals surface area contributed by atoms with E-state index >= 15 is 0 Å². The zero-order valence-corrected chi connectivity index (χ0v) is 14.6. The van der Waals surface area contributed by atoms with Crippen molar-refractivity contribution >= 4 is 32.9 Å². The molecule has 1 aliphatic rings. The molecule has 0 aromatic heterocycles. The molecule has 0 radical (unpaired) electrons. The number of nitrogens with zero attached hydrogens (tertiary/aromatic N) is 2. The summed E-state index contributed by atoms with van der Waals surface area (Å²) in [6.45, 7) is 12.5. The second-order valence-corrected chi connectivity index (χ2v) is 7.78. The Morgan fingerprint density at radius 1 is 1.22 bits per heavy atom. The smallest absolute Gasteiger partial charge is 0.159 e. The fourth-order valence-electron chi connectivity index (χ4n) is 1.79. The molecular formula is C14H27BrN2S. The van der Waals surface area contributed by atoms with E-state index in [1.807, 2.05) is 11.8 Å². The number of amidine groups is 1. The Labute approximate surface area is 125 Å². The Hall–Kier alpha value is 0.300. The molecule has 0 aliphatic carbocycles. The predicted molar refractivity (Wildman–Crippen MR) is 88.0 cm³/mol. The molecule has 106 valence electrons. The molecule has 0 bridgehead atoms. The minimum Gasteiger partial charge on any atom is -0.351 e. The standard InChI is InChI=1S/C14H27BrN2S/c1-11(2)5-7-17(8-6-12(3)4)14-16-10-13(9-15)18-14/h11-13H,5-10H2,1-4H3. The van der Waals surface area contributed by atoms with Crippen molar-refractivity contribution in [2.45, 2.75) is 45.8 Å². The van der Waals surface area contributed by atoms with Crippen LogP contribution in [0.2, 0.25) is 0 Å². The Morgan fingerprint density at radius 2 is 1.78 bits per heavy atom. The van der Waals surface area contributed by atoms with Gasteiger partial charge in [0.25, 0.3) is 0 Å². The van der Waals surface area contributed by atoms with Crippen LogP contribution in [-0.2, 0) is 0 Å². The first-order chi connectivity index (χ1) is 8.52. The number of thioether (sulfide) groups is 1. The lowest BCUT2D eigenvalue weighted by Gasteiger charge is -2.26. The third-order valence-corrected chi connectivity index (χ3v) is 5.55. The molecule has 0 aromatic carbocycles. The van der Waals surface area contributed by atoms with Crippen LogP contribution in [-0.4, -0.2) is 40.3 Å². The quantitative estimate of drug-likeness (QED) is 0.647. The molecule has 18 heavy (non-hydrogen) atoms. The maximum Gasteiger partial charge on any atom is 0.159 e. The second-order valence-electron chi connectivity index (χ2n) is 5.87. The second kappa shape index (κ2) is 8.47. The zero-order chi connectivity index (χ0) is 13.5. The van der Waals surface area contributed by atoms with Gasteiger partial charge in [0, 0.05) is 23.7 Å². The molecule has 0 saturated heterocycles. The van der Waals surface area contributed by atoms with Crippen molar-refractivity contribution in [2.75, 3.05) is 25.0 Å². The van der Waals surface area contributed by atoms with E-state index in [9.17, 15) is 0 Å². The van der Waals surface area contributed by atoms with E-state index in [1.165, 1.54) is 18.0 Å². The third kappa shape index (κ3) is 5.96. The highest BCUT2D eigenvalue weighted by Gasteiger charge is 2.23. The Bertz CT molecular complexity index is 255. The summed E-state index contributed by atoms with van der Waals surface area (Å²) in [5, 5.41) is 2.97. The van der Waals surface area contributed by atoms with E-state index in [4.69, 9.17) is 4.99 Å². The summed E-state index contributed by atoms with van der Waals surface area (Å²) >= 11 is 5.52. The lowest BCUT2D eigenvalue weighted by molar-refractivity contribution is 0.359. The third-order valence-electron chi connectivity index (χ3n) is 3.10. The molecule has 0 aromatic rings. The van der Waals surface area contributed by atoms with Crippen LogP contribution >= 0.6 is 27.7 Å². The van der Waals surface area contributed by atoms with Gasteiger partial charge in [-0.2, -0.15) is 0 Å². The van der Waals surface area contributed by atoms with Crippen LogP contribution in [0.25, 0.3) is 0 Å². The van der Waals surface area contributed by atoms with E-state index < -0.39 is 0 Å². The summed E-state index contributed by atoms with van der Waals surface area (Å²) in [6, 6.07) is 0. The van der Waals surface area contributed by atoms with Crippen molar-refractivity contribution in [3.63, 3.8) is 0 Å². The van der Waals surface area contributed by atoms with Crippen molar-refractivity contribution in [3.05, 3.63) is 0 Å². The molecule has 0 fully saturated rings. The van der Waals surface area contributed by atoms with Gasteiger partial charge in [-0.1, -0.05) is 55.4 Å². The van der Waals surface area contributed by atoms with Gasteiger partial charge in [-0.3, -0.25) is 4.99 Å². The highest BCUT2D eigenvalue weighted by molar-refractivity contribution is 9.09. The van der Waals surface area contributed by atoms with Crippen LogP contribution in [0.5, 0.6) is 0 Å². The largest absolute Gasteiger partial charge is 0.351 e. The predicted octanol–water partition coefficient (Wildman–Crippen LogP) is 4.25.